The topological polar surface area (TPSA) is 55.4 Å². The van der Waals surface area contributed by atoms with Gasteiger partial charge in [0.2, 0.25) is 0 Å². The third-order valence-corrected chi connectivity index (χ3v) is 4.48. The Kier molecular flexibility index (Phi) is 4.83. The Labute approximate surface area is 146 Å². The van der Waals surface area contributed by atoms with Crippen molar-refractivity contribution in [2.75, 3.05) is 0 Å². The fourth-order valence-corrected chi connectivity index (χ4v) is 2.93. The number of thioether (sulfide) groups is 1. The maximum absolute atomic E-state index is 11.5. The molecule has 23 heavy (non-hydrogen) atoms. The van der Waals surface area contributed by atoms with Crippen molar-refractivity contribution in [3.8, 4) is 5.75 Å². The maximum atomic E-state index is 11.5. The minimum absolute atomic E-state index is 0.337. The maximum Gasteiger partial charge on any atom is 0.290 e. The van der Waals surface area contributed by atoms with Crippen molar-refractivity contribution in [1.29, 1.82) is 0 Å². The summed E-state index contributed by atoms with van der Waals surface area (Å²) in [5, 5.41) is 1.89. The summed E-state index contributed by atoms with van der Waals surface area (Å²) in [6.45, 7) is 0.487. The Hall–Kier alpha value is -2.05. The second-order valence-corrected chi connectivity index (χ2v) is 6.77. The van der Waals surface area contributed by atoms with Crippen LogP contribution in [0.1, 0.15) is 11.1 Å². The van der Waals surface area contributed by atoms with E-state index in [1.54, 1.807) is 6.08 Å². The molecule has 0 aromatic heterocycles. The quantitative estimate of drug-likeness (QED) is 0.789. The average molecular weight is 390 g/mol. The standard InChI is InChI=1S/C17H12BrNO3S/c18-13-5-1-12(2-6-13)10-22-14-7-3-11(4-8-14)9-15-16(20)19-17(21)23-15/h1-9H,10H2,(H,19,20,21). The van der Waals surface area contributed by atoms with Gasteiger partial charge >= 0.3 is 0 Å². The number of benzene rings is 2. The molecule has 1 aliphatic rings. The molecule has 3 rings (SSSR count). The SMILES string of the molecule is O=C1NC(=O)C(=Cc2ccc(OCc3ccc(Br)cc3)cc2)S1. The molecule has 1 heterocycles. The highest BCUT2D eigenvalue weighted by molar-refractivity contribution is 9.10. The molecule has 1 aliphatic heterocycles. The van der Waals surface area contributed by atoms with E-state index in [-0.39, 0.29) is 11.1 Å². The molecule has 0 radical (unpaired) electrons. The lowest BCUT2D eigenvalue weighted by Gasteiger charge is -2.06. The summed E-state index contributed by atoms with van der Waals surface area (Å²) < 4.78 is 6.75. The molecular weight excluding hydrogens is 378 g/mol. The highest BCUT2D eigenvalue weighted by Gasteiger charge is 2.24. The van der Waals surface area contributed by atoms with Crippen LogP contribution in [-0.4, -0.2) is 11.1 Å². The van der Waals surface area contributed by atoms with Crippen LogP contribution in [0.25, 0.3) is 6.08 Å². The van der Waals surface area contributed by atoms with Gasteiger partial charge in [0.05, 0.1) is 4.91 Å². The molecule has 1 fully saturated rings. The molecule has 1 saturated heterocycles. The van der Waals surface area contributed by atoms with Gasteiger partial charge in [-0.05, 0) is 53.2 Å². The first-order chi connectivity index (χ1) is 11.1. The van der Waals surface area contributed by atoms with Crippen LogP contribution >= 0.6 is 27.7 Å². The van der Waals surface area contributed by atoms with Gasteiger partial charge in [0.15, 0.2) is 0 Å². The molecule has 0 unspecified atom stereocenters. The number of hydrogen-bond donors (Lipinski definition) is 1. The largest absolute Gasteiger partial charge is 0.489 e. The number of carbonyl (C=O) groups is 2. The van der Waals surface area contributed by atoms with Crippen LogP contribution in [0.3, 0.4) is 0 Å². The van der Waals surface area contributed by atoms with E-state index in [0.29, 0.717) is 11.5 Å². The van der Waals surface area contributed by atoms with Crippen molar-refractivity contribution in [3.05, 3.63) is 69.0 Å². The molecule has 4 nitrogen and oxygen atoms in total. The van der Waals surface area contributed by atoms with Gasteiger partial charge in [-0.2, -0.15) is 0 Å². The molecule has 1 N–H and O–H groups in total. The van der Waals surface area contributed by atoms with E-state index >= 15 is 0 Å². The summed E-state index contributed by atoms with van der Waals surface area (Å²) in [6, 6.07) is 15.3. The van der Waals surface area contributed by atoms with E-state index < -0.39 is 0 Å². The molecule has 0 aliphatic carbocycles. The number of ether oxygens (including phenoxy) is 1. The number of amides is 2. The van der Waals surface area contributed by atoms with Crippen LogP contribution in [0.4, 0.5) is 4.79 Å². The minimum atomic E-state index is -0.351. The summed E-state index contributed by atoms with van der Waals surface area (Å²) in [6.07, 6.45) is 1.68. The first-order valence-corrected chi connectivity index (χ1v) is 8.43. The lowest BCUT2D eigenvalue weighted by molar-refractivity contribution is -0.115. The highest BCUT2D eigenvalue weighted by atomic mass is 79.9. The van der Waals surface area contributed by atoms with Crippen molar-refractivity contribution in [3.63, 3.8) is 0 Å². The normalized spacial score (nSPS) is 15.8. The fraction of sp³-hybridized carbons (Fsp3) is 0.0588. The van der Waals surface area contributed by atoms with Gasteiger partial charge in [-0.3, -0.25) is 14.9 Å². The van der Waals surface area contributed by atoms with Crippen molar-refractivity contribution >= 4 is 44.9 Å². The molecule has 0 atom stereocenters. The van der Waals surface area contributed by atoms with Crippen molar-refractivity contribution < 1.29 is 14.3 Å². The van der Waals surface area contributed by atoms with Gasteiger partial charge < -0.3 is 4.74 Å². The van der Waals surface area contributed by atoms with E-state index in [9.17, 15) is 9.59 Å². The van der Waals surface area contributed by atoms with Gasteiger partial charge in [0.1, 0.15) is 12.4 Å². The second kappa shape index (κ2) is 7.02. The van der Waals surface area contributed by atoms with E-state index in [1.165, 1.54) is 0 Å². The van der Waals surface area contributed by atoms with E-state index in [2.05, 4.69) is 21.2 Å². The number of rotatable bonds is 4. The number of nitrogens with one attached hydrogen (secondary N) is 1. The van der Waals surface area contributed by atoms with Crippen LogP contribution in [0, 0.1) is 0 Å². The number of imide groups is 1. The number of carbonyl (C=O) groups excluding carboxylic acids is 2. The molecule has 2 amide bonds. The Morgan fingerprint density at radius 2 is 1.74 bits per heavy atom. The summed E-state index contributed by atoms with van der Waals surface area (Å²) >= 11 is 4.30. The summed E-state index contributed by atoms with van der Waals surface area (Å²) in [5.41, 5.74) is 1.92. The van der Waals surface area contributed by atoms with Crippen molar-refractivity contribution in [2.45, 2.75) is 6.61 Å². The predicted molar refractivity (Wildman–Crippen MR) is 94.0 cm³/mol. The highest BCUT2D eigenvalue weighted by Crippen LogP contribution is 2.26. The lowest BCUT2D eigenvalue weighted by atomic mass is 10.2. The third kappa shape index (κ3) is 4.24. The Morgan fingerprint density at radius 1 is 1.04 bits per heavy atom. The van der Waals surface area contributed by atoms with Gasteiger partial charge in [0, 0.05) is 4.47 Å². The van der Waals surface area contributed by atoms with Crippen LogP contribution < -0.4 is 10.1 Å². The van der Waals surface area contributed by atoms with Gasteiger partial charge in [-0.1, -0.05) is 40.2 Å². The van der Waals surface area contributed by atoms with Crippen LogP contribution in [0.2, 0.25) is 0 Å². The molecule has 6 heteroatoms. The van der Waals surface area contributed by atoms with Gasteiger partial charge in [-0.25, -0.2) is 0 Å². The molecule has 116 valence electrons. The Morgan fingerprint density at radius 3 is 2.35 bits per heavy atom. The molecule has 2 aromatic carbocycles. The lowest BCUT2D eigenvalue weighted by Crippen LogP contribution is -2.17. The van der Waals surface area contributed by atoms with Gasteiger partial charge in [0.25, 0.3) is 11.1 Å². The smallest absolute Gasteiger partial charge is 0.290 e. The number of halogens is 1. The first kappa shape index (κ1) is 15.8. The molecule has 0 saturated carbocycles. The zero-order valence-electron chi connectivity index (χ0n) is 11.9. The third-order valence-electron chi connectivity index (χ3n) is 3.14. The molecule has 0 bridgehead atoms. The summed E-state index contributed by atoms with van der Waals surface area (Å²) in [4.78, 5) is 23.0. The van der Waals surface area contributed by atoms with Gasteiger partial charge in [-0.15, -0.1) is 0 Å². The summed E-state index contributed by atoms with van der Waals surface area (Å²) in [5.74, 6) is 0.394. The fourth-order valence-electron chi connectivity index (χ4n) is 1.98. The number of hydrogen-bond acceptors (Lipinski definition) is 4. The average Bonchev–Trinajstić information content (AvgIpc) is 2.86. The monoisotopic (exact) mass is 389 g/mol. The zero-order valence-corrected chi connectivity index (χ0v) is 14.3. The minimum Gasteiger partial charge on any atom is -0.489 e. The molecular formula is C17H12BrNO3S. The van der Waals surface area contributed by atoms with Crippen molar-refractivity contribution in [2.24, 2.45) is 0 Å². The zero-order chi connectivity index (χ0) is 16.2. The Bertz CT molecular complexity index is 769. The van der Waals surface area contributed by atoms with Crippen LogP contribution in [0.15, 0.2) is 57.9 Å². The second-order valence-electron chi connectivity index (χ2n) is 4.84. The first-order valence-electron chi connectivity index (χ1n) is 6.82. The van der Waals surface area contributed by atoms with Crippen LogP contribution in [0.5, 0.6) is 5.75 Å². The van der Waals surface area contributed by atoms with Crippen LogP contribution in [-0.2, 0) is 11.4 Å². The molecule has 2 aromatic rings. The van der Waals surface area contributed by atoms with E-state index in [0.717, 1.165) is 33.1 Å². The summed E-state index contributed by atoms with van der Waals surface area (Å²) in [7, 11) is 0. The van der Waals surface area contributed by atoms with Crippen molar-refractivity contribution in [1.82, 2.24) is 5.32 Å². The Balaban J connectivity index is 1.63. The molecule has 0 spiro atoms. The van der Waals surface area contributed by atoms with E-state index in [1.807, 2.05) is 48.5 Å². The van der Waals surface area contributed by atoms with E-state index in [4.69, 9.17) is 4.74 Å². The predicted octanol–water partition coefficient (Wildman–Crippen LogP) is 4.35.